The number of hydrogen-bond donors (Lipinski definition) is 0. The zero-order chi connectivity index (χ0) is 25.4. The highest BCUT2D eigenvalue weighted by Gasteiger charge is 2.58. The summed E-state index contributed by atoms with van der Waals surface area (Å²) < 4.78 is 39.6. The van der Waals surface area contributed by atoms with E-state index in [0.717, 1.165) is 41.6 Å². The molecule has 0 aliphatic carbocycles. The number of fused-ring (bicyclic) bond motifs is 1. The molecule has 1 saturated heterocycles. The molecular formula is C26H26F2N4O4. The molecule has 188 valence electrons. The molecule has 0 saturated carbocycles. The molecule has 0 amide bonds. The van der Waals surface area contributed by atoms with Gasteiger partial charge < -0.3 is 24.1 Å². The molecule has 2 atom stereocenters. The summed E-state index contributed by atoms with van der Waals surface area (Å²) in [4.78, 5) is 26.6. The SMILES string of the molecule is COC(=O)C1(c2cc(F)ccc2F)ON=C2C(=Cc3ccc(N4C=NC(C)C4)c(OC)c3)CCCN21. The number of oxime groups is 1. The van der Waals surface area contributed by atoms with Gasteiger partial charge in [-0.15, -0.1) is 0 Å². The van der Waals surface area contributed by atoms with Gasteiger partial charge in [-0.05, 0) is 67.3 Å². The molecule has 3 aliphatic heterocycles. The number of esters is 1. The summed E-state index contributed by atoms with van der Waals surface area (Å²) in [7, 11) is 2.78. The number of nitrogens with zero attached hydrogens (tertiary/aromatic N) is 4. The molecule has 10 heteroatoms. The van der Waals surface area contributed by atoms with Crippen LogP contribution in [0, 0.1) is 11.6 Å². The topological polar surface area (TPSA) is 76.0 Å². The van der Waals surface area contributed by atoms with Gasteiger partial charge in [-0.1, -0.05) is 11.2 Å². The van der Waals surface area contributed by atoms with Crippen LogP contribution in [0.15, 0.2) is 52.1 Å². The van der Waals surface area contributed by atoms with Crippen LogP contribution in [0.25, 0.3) is 6.08 Å². The summed E-state index contributed by atoms with van der Waals surface area (Å²) >= 11 is 0. The Hall–Kier alpha value is -3.95. The second-order valence-corrected chi connectivity index (χ2v) is 8.89. The van der Waals surface area contributed by atoms with E-state index >= 15 is 0 Å². The molecule has 0 spiro atoms. The smallest absolute Gasteiger partial charge is 0.380 e. The van der Waals surface area contributed by atoms with Crippen LogP contribution >= 0.6 is 0 Å². The van der Waals surface area contributed by atoms with Gasteiger partial charge in [0.1, 0.15) is 17.4 Å². The van der Waals surface area contributed by atoms with Crippen molar-refractivity contribution in [3.05, 3.63) is 64.7 Å². The summed E-state index contributed by atoms with van der Waals surface area (Å²) in [5.74, 6) is -1.33. The molecule has 0 radical (unpaired) electrons. The van der Waals surface area contributed by atoms with Crippen molar-refractivity contribution >= 4 is 29.9 Å². The molecule has 3 heterocycles. The number of ether oxygens (including phenoxy) is 2. The summed E-state index contributed by atoms with van der Waals surface area (Å²) in [6.07, 6.45) is 5.03. The molecule has 36 heavy (non-hydrogen) atoms. The Morgan fingerprint density at radius 3 is 2.78 bits per heavy atom. The highest BCUT2D eigenvalue weighted by atomic mass is 19.1. The number of benzene rings is 2. The fourth-order valence-electron chi connectivity index (χ4n) is 4.83. The minimum atomic E-state index is -2.05. The highest BCUT2D eigenvalue weighted by Crippen LogP contribution is 2.42. The van der Waals surface area contributed by atoms with Gasteiger partial charge in [-0.3, -0.25) is 4.99 Å². The quantitative estimate of drug-likeness (QED) is 0.582. The Balaban J connectivity index is 1.51. The standard InChI is InChI=1S/C26H26F2N4O4/c1-16-14-31(15-29-16)22-9-6-17(12-23(22)34-2)11-18-5-4-10-32-24(18)30-36-26(32,25(33)35-3)20-13-19(27)7-8-21(20)28/h6-9,11-13,15-16H,4-5,10,14H2,1-3H3. The van der Waals surface area contributed by atoms with E-state index in [1.165, 1.54) is 7.11 Å². The highest BCUT2D eigenvalue weighted by molar-refractivity contribution is 6.06. The maximum absolute atomic E-state index is 14.9. The van der Waals surface area contributed by atoms with Gasteiger partial charge >= 0.3 is 11.7 Å². The summed E-state index contributed by atoms with van der Waals surface area (Å²) in [5, 5.41) is 4.16. The summed E-state index contributed by atoms with van der Waals surface area (Å²) in [6, 6.07) is 8.91. The minimum Gasteiger partial charge on any atom is -0.495 e. The molecule has 0 aromatic heterocycles. The van der Waals surface area contributed by atoms with Crippen LogP contribution in [0.3, 0.4) is 0 Å². The third kappa shape index (κ3) is 3.86. The van der Waals surface area contributed by atoms with E-state index in [0.29, 0.717) is 31.0 Å². The first-order valence-electron chi connectivity index (χ1n) is 11.6. The predicted octanol–water partition coefficient (Wildman–Crippen LogP) is 4.06. The average Bonchev–Trinajstić information content (AvgIpc) is 3.50. The second kappa shape index (κ2) is 9.25. The lowest BCUT2D eigenvalue weighted by Crippen LogP contribution is -2.54. The van der Waals surface area contributed by atoms with Gasteiger partial charge in [0.15, 0.2) is 5.84 Å². The third-order valence-electron chi connectivity index (χ3n) is 6.55. The van der Waals surface area contributed by atoms with E-state index < -0.39 is 23.3 Å². The molecule has 2 aromatic carbocycles. The van der Waals surface area contributed by atoms with Gasteiger partial charge in [0.25, 0.3) is 0 Å². The minimum absolute atomic E-state index is 0.211. The Kier molecular flexibility index (Phi) is 6.11. The molecule has 0 N–H and O–H groups in total. The van der Waals surface area contributed by atoms with Crippen molar-refractivity contribution in [3.63, 3.8) is 0 Å². The maximum atomic E-state index is 14.9. The number of carbonyl (C=O) groups excluding carboxylic acids is 1. The van der Waals surface area contributed by atoms with Crippen LogP contribution in [0.1, 0.15) is 30.9 Å². The van der Waals surface area contributed by atoms with Crippen molar-refractivity contribution in [3.8, 4) is 5.75 Å². The Morgan fingerprint density at radius 2 is 2.06 bits per heavy atom. The van der Waals surface area contributed by atoms with Crippen molar-refractivity contribution in [1.82, 2.24) is 4.90 Å². The van der Waals surface area contributed by atoms with E-state index in [4.69, 9.17) is 14.3 Å². The van der Waals surface area contributed by atoms with E-state index in [2.05, 4.69) is 10.1 Å². The van der Waals surface area contributed by atoms with Crippen LogP contribution in [0.2, 0.25) is 0 Å². The lowest BCUT2D eigenvalue weighted by atomic mass is 9.94. The number of carbonyl (C=O) groups is 1. The Morgan fingerprint density at radius 1 is 1.22 bits per heavy atom. The molecule has 5 rings (SSSR count). The number of halogens is 2. The van der Waals surface area contributed by atoms with Crippen LogP contribution in [-0.4, -0.2) is 56.4 Å². The van der Waals surface area contributed by atoms with Crippen LogP contribution < -0.4 is 9.64 Å². The van der Waals surface area contributed by atoms with Crippen molar-refractivity contribution in [2.24, 2.45) is 10.1 Å². The summed E-state index contributed by atoms with van der Waals surface area (Å²) in [5.41, 5.74) is 0.206. The largest absolute Gasteiger partial charge is 0.495 e. The fraction of sp³-hybridized carbons (Fsp3) is 0.346. The molecule has 8 nitrogen and oxygen atoms in total. The Bertz CT molecular complexity index is 1290. The lowest BCUT2D eigenvalue weighted by Gasteiger charge is -2.37. The second-order valence-electron chi connectivity index (χ2n) is 8.89. The first-order valence-corrected chi connectivity index (χ1v) is 11.6. The number of aliphatic imine (C=N–C) groups is 1. The molecule has 2 aromatic rings. The number of piperidine rings is 1. The maximum Gasteiger partial charge on any atom is 0.380 e. The fourth-order valence-corrected chi connectivity index (χ4v) is 4.83. The van der Waals surface area contributed by atoms with Crippen LogP contribution in [-0.2, 0) is 20.1 Å². The first-order chi connectivity index (χ1) is 17.4. The van der Waals surface area contributed by atoms with E-state index in [1.807, 2.05) is 42.4 Å². The normalized spacial score (nSPS) is 24.0. The van der Waals surface area contributed by atoms with Crippen molar-refractivity contribution in [1.29, 1.82) is 0 Å². The molecular weight excluding hydrogens is 470 g/mol. The van der Waals surface area contributed by atoms with Crippen LogP contribution in [0.4, 0.5) is 14.5 Å². The first kappa shape index (κ1) is 23.8. The monoisotopic (exact) mass is 496 g/mol. The van der Waals surface area contributed by atoms with E-state index in [9.17, 15) is 13.6 Å². The Labute approximate surface area is 207 Å². The van der Waals surface area contributed by atoms with E-state index in [1.54, 1.807) is 12.0 Å². The molecule has 3 aliphatic rings. The predicted molar refractivity (Wildman–Crippen MR) is 131 cm³/mol. The van der Waals surface area contributed by atoms with Crippen molar-refractivity contribution in [2.75, 3.05) is 32.2 Å². The van der Waals surface area contributed by atoms with Crippen molar-refractivity contribution < 1.29 is 27.9 Å². The van der Waals surface area contributed by atoms with Crippen molar-refractivity contribution in [2.45, 2.75) is 31.5 Å². The van der Waals surface area contributed by atoms with Gasteiger partial charge in [0, 0.05) is 13.1 Å². The molecule has 0 bridgehead atoms. The number of amidine groups is 1. The lowest BCUT2D eigenvalue weighted by molar-refractivity contribution is -0.187. The number of anilines is 1. The third-order valence-corrected chi connectivity index (χ3v) is 6.55. The van der Waals surface area contributed by atoms with E-state index in [-0.39, 0.29) is 11.6 Å². The number of methoxy groups -OCH3 is 2. The zero-order valence-corrected chi connectivity index (χ0v) is 20.2. The van der Waals surface area contributed by atoms with Gasteiger partial charge in [0.05, 0.1) is 37.9 Å². The van der Waals surface area contributed by atoms with Gasteiger partial charge in [-0.2, -0.15) is 0 Å². The molecule has 1 fully saturated rings. The van der Waals surface area contributed by atoms with Gasteiger partial charge in [-0.25, -0.2) is 13.6 Å². The summed E-state index contributed by atoms with van der Waals surface area (Å²) in [6.45, 7) is 3.16. The number of rotatable bonds is 5. The average molecular weight is 497 g/mol. The number of hydrogen-bond acceptors (Lipinski definition) is 8. The zero-order valence-electron chi connectivity index (χ0n) is 20.2. The van der Waals surface area contributed by atoms with Crippen LogP contribution in [0.5, 0.6) is 5.75 Å². The molecule has 2 unspecified atom stereocenters. The van der Waals surface area contributed by atoms with Gasteiger partial charge in [0.2, 0.25) is 0 Å².